The smallest absolute Gasteiger partial charge is 0.0886 e. The average Bonchev–Trinajstić information content (AvgIpc) is 2.99. The summed E-state index contributed by atoms with van der Waals surface area (Å²) < 4.78 is 0. The van der Waals surface area contributed by atoms with Gasteiger partial charge in [0.25, 0.3) is 0 Å². The van der Waals surface area contributed by atoms with Gasteiger partial charge in [-0.15, -0.1) is 0 Å². The topological polar surface area (TPSA) is 20.2 Å². The van der Waals surface area contributed by atoms with Gasteiger partial charge >= 0.3 is 0 Å². The Bertz CT molecular complexity index is 597. The van der Waals surface area contributed by atoms with Crippen LogP contribution in [0.2, 0.25) is 0 Å². The van der Waals surface area contributed by atoms with E-state index < -0.39 is 0 Å². The molecule has 0 heterocycles. The third-order valence-corrected chi connectivity index (χ3v) is 10.5. The Morgan fingerprint density at radius 2 is 1.69 bits per heavy atom. The fraction of sp³-hybridized carbons (Fsp3) is 0.926. The monoisotopic (exact) mass is 409 g/mol. The van der Waals surface area contributed by atoms with Gasteiger partial charge in [0.1, 0.15) is 0 Å². The van der Waals surface area contributed by atoms with Crippen molar-refractivity contribution < 1.29 is 5.11 Å². The maximum absolute atomic E-state index is 10.1. The minimum absolute atomic E-state index is 0. The fourth-order valence-corrected chi connectivity index (χ4v) is 8.89. The van der Waals surface area contributed by atoms with Crippen LogP contribution in [0.5, 0.6) is 0 Å². The van der Waals surface area contributed by atoms with Crippen LogP contribution in [0.25, 0.3) is 0 Å². The molecule has 1 radical (unpaired) electrons. The summed E-state index contributed by atoms with van der Waals surface area (Å²) in [7, 11) is 0. The van der Waals surface area contributed by atoms with Gasteiger partial charge in [-0.3, -0.25) is 0 Å². The summed E-state index contributed by atoms with van der Waals surface area (Å²) in [6.07, 6.45) is 17.2. The summed E-state index contributed by atoms with van der Waals surface area (Å²) in [5.74, 6) is 6.98. The summed E-state index contributed by atoms with van der Waals surface area (Å²) in [6.45, 7) is 12.6. The first kappa shape index (κ1) is 24.2. The second-order valence-corrected chi connectivity index (χ2v) is 12.3. The molecular weight excluding hydrogens is 363 g/mol. The van der Waals surface area contributed by atoms with Crippen molar-refractivity contribution in [3.8, 4) is 0 Å². The maximum atomic E-state index is 10.1. The molecule has 8 atom stereocenters. The van der Waals surface area contributed by atoms with Crippen molar-refractivity contribution in [1.82, 2.24) is 0 Å². The summed E-state index contributed by atoms with van der Waals surface area (Å²) >= 11 is 0. The number of hydrogen-bond donors (Lipinski definition) is 1. The molecule has 0 bridgehead atoms. The third kappa shape index (κ3) is 4.28. The molecule has 3 fully saturated rings. The van der Waals surface area contributed by atoms with E-state index in [1.54, 1.807) is 0 Å². The Morgan fingerprint density at radius 1 is 0.966 bits per heavy atom. The SMILES string of the molecule is CC(C)CCC[C@@H](C)[C@H]1CCC2[C@H]3CCC4CC(O)=CC[C@]4(C)[C@@H]3CC[C@@]21C.[Na]. The maximum Gasteiger partial charge on any atom is 0.0886 e. The molecule has 0 spiro atoms. The number of rotatable bonds is 5. The number of aliphatic hydroxyl groups excluding tert-OH is 1. The van der Waals surface area contributed by atoms with Crippen molar-refractivity contribution in [2.45, 2.75) is 105 Å². The van der Waals surface area contributed by atoms with E-state index in [-0.39, 0.29) is 29.6 Å². The predicted molar refractivity (Wildman–Crippen MR) is 125 cm³/mol. The largest absolute Gasteiger partial charge is 0.513 e. The Hall–Kier alpha value is 0.540. The van der Waals surface area contributed by atoms with E-state index in [9.17, 15) is 5.11 Å². The van der Waals surface area contributed by atoms with Crippen molar-refractivity contribution >= 4 is 29.6 Å². The minimum atomic E-state index is 0. The van der Waals surface area contributed by atoms with E-state index in [0.29, 0.717) is 16.6 Å². The van der Waals surface area contributed by atoms with Crippen LogP contribution in [0.1, 0.15) is 105 Å². The molecule has 4 aliphatic rings. The van der Waals surface area contributed by atoms with E-state index in [1.165, 1.54) is 57.8 Å². The molecule has 0 saturated heterocycles. The van der Waals surface area contributed by atoms with Crippen molar-refractivity contribution in [1.29, 1.82) is 0 Å². The van der Waals surface area contributed by atoms with Gasteiger partial charge in [0.2, 0.25) is 0 Å². The van der Waals surface area contributed by atoms with E-state index in [1.807, 2.05) is 0 Å². The first-order valence-electron chi connectivity index (χ1n) is 12.6. The van der Waals surface area contributed by atoms with E-state index in [4.69, 9.17) is 0 Å². The fourth-order valence-electron chi connectivity index (χ4n) is 8.89. The molecule has 2 unspecified atom stereocenters. The Morgan fingerprint density at radius 3 is 2.41 bits per heavy atom. The van der Waals surface area contributed by atoms with Crippen LogP contribution in [-0.4, -0.2) is 34.7 Å². The van der Waals surface area contributed by atoms with Gasteiger partial charge in [0, 0.05) is 36.0 Å². The van der Waals surface area contributed by atoms with Gasteiger partial charge in [0.05, 0.1) is 5.76 Å². The number of aliphatic hydroxyl groups is 1. The van der Waals surface area contributed by atoms with Gasteiger partial charge < -0.3 is 5.11 Å². The van der Waals surface area contributed by atoms with Crippen LogP contribution in [0, 0.1) is 52.3 Å². The van der Waals surface area contributed by atoms with Crippen molar-refractivity contribution in [2.75, 3.05) is 0 Å². The molecule has 0 aromatic rings. The van der Waals surface area contributed by atoms with Gasteiger partial charge in [-0.25, -0.2) is 0 Å². The normalized spacial score (nSPS) is 44.9. The Balaban J connectivity index is 0.00000240. The molecule has 1 N–H and O–H groups in total. The molecular formula is C27H46NaO. The Labute approximate surface area is 203 Å². The van der Waals surface area contributed by atoms with Gasteiger partial charge in [-0.1, -0.05) is 53.9 Å². The van der Waals surface area contributed by atoms with E-state index >= 15 is 0 Å². The summed E-state index contributed by atoms with van der Waals surface area (Å²) in [4.78, 5) is 0. The van der Waals surface area contributed by atoms with Crippen LogP contribution in [0.4, 0.5) is 0 Å². The van der Waals surface area contributed by atoms with Crippen LogP contribution >= 0.6 is 0 Å². The standard InChI is InChI=1S/C27H46O.Na/c1-18(2)7-6-8-19(3)23-11-12-24-22-10-9-20-17-21(28)13-15-26(20,4)25(22)14-16-27(23,24)5;/h13,18-20,22-25,28H,6-12,14-17H2,1-5H3;/t19-,20?,22-,23-,24?,25-,26+,27-;/m1./s1. The molecule has 0 aliphatic heterocycles. The average molecular weight is 410 g/mol. The molecule has 2 heteroatoms. The number of fused-ring (bicyclic) bond motifs is 5. The summed E-state index contributed by atoms with van der Waals surface area (Å²) in [5, 5.41) is 10.1. The summed E-state index contributed by atoms with van der Waals surface area (Å²) in [6, 6.07) is 0. The van der Waals surface area contributed by atoms with E-state index in [0.717, 1.165) is 54.3 Å². The molecule has 1 nitrogen and oxygen atoms in total. The molecule has 0 aromatic heterocycles. The molecule has 3 saturated carbocycles. The second kappa shape index (κ2) is 9.19. The van der Waals surface area contributed by atoms with E-state index in [2.05, 4.69) is 40.7 Å². The van der Waals surface area contributed by atoms with Crippen LogP contribution in [0.15, 0.2) is 11.8 Å². The zero-order valence-electron chi connectivity index (χ0n) is 20.3. The zero-order valence-corrected chi connectivity index (χ0v) is 22.3. The molecule has 4 aliphatic carbocycles. The second-order valence-electron chi connectivity index (χ2n) is 12.3. The zero-order chi connectivity index (χ0) is 20.1. The predicted octanol–water partition coefficient (Wildman–Crippen LogP) is 7.78. The Kier molecular flexibility index (Phi) is 7.66. The van der Waals surface area contributed by atoms with Gasteiger partial charge in [-0.05, 0) is 103 Å². The first-order valence-corrected chi connectivity index (χ1v) is 12.6. The van der Waals surface area contributed by atoms with Gasteiger partial charge in [0.15, 0.2) is 0 Å². The molecule has 29 heavy (non-hydrogen) atoms. The van der Waals surface area contributed by atoms with Crippen molar-refractivity contribution in [3.63, 3.8) is 0 Å². The first-order chi connectivity index (χ1) is 13.3. The molecule has 4 rings (SSSR count). The molecule has 0 aromatic carbocycles. The van der Waals surface area contributed by atoms with Crippen molar-refractivity contribution in [2.24, 2.45) is 52.3 Å². The third-order valence-electron chi connectivity index (χ3n) is 10.5. The van der Waals surface area contributed by atoms with Crippen LogP contribution in [0.3, 0.4) is 0 Å². The number of allylic oxidation sites excluding steroid dienone is 2. The van der Waals surface area contributed by atoms with Crippen LogP contribution < -0.4 is 0 Å². The number of hydrogen-bond acceptors (Lipinski definition) is 1. The quantitative estimate of drug-likeness (QED) is 0.460. The van der Waals surface area contributed by atoms with Crippen molar-refractivity contribution in [3.05, 3.63) is 11.8 Å². The minimum Gasteiger partial charge on any atom is -0.513 e. The van der Waals surface area contributed by atoms with Crippen LogP contribution in [-0.2, 0) is 0 Å². The molecule has 161 valence electrons. The van der Waals surface area contributed by atoms with Gasteiger partial charge in [-0.2, -0.15) is 0 Å². The summed E-state index contributed by atoms with van der Waals surface area (Å²) in [5.41, 5.74) is 1.06. The molecule has 0 amide bonds.